The van der Waals surface area contributed by atoms with Crippen molar-refractivity contribution in [3.8, 4) is 22.5 Å². The number of hydrogen-bond acceptors (Lipinski definition) is 11. The zero-order valence-corrected chi connectivity index (χ0v) is 40.4. The van der Waals surface area contributed by atoms with Gasteiger partial charge in [0.25, 0.3) is 11.8 Å². The van der Waals surface area contributed by atoms with Gasteiger partial charge in [0.2, 0.25) is 11.8 Å². The average molecular weight is 1030 g/mol. The molecule has 2 N–H and O–H groups in total. The first-order chi connectivity index (χ1) is 32.6. The number of carbonyl (C=O) groups excluding carboxylic acids is 2. The van der Waals surface area contributed by atoms with Crippen molar-refractivity contribution in [2.45, 2.75) is 66.5 Å². The highest BCUT2D eigenvalue weighted by Gasteiger charge is 2.60. The minimum Gasteiger partial charge on any atom is -0.392 e. The molecule has 2 aromatic carbocycles. The fraction of sp³-hybridized carbons (Fsp3) is 0.500. The second kappa shape index (κ2) is 21.2. The maximum atomic E-state index is 13.4. The van der Waals surface area contributed by atoms with Gasteiger partial charge in [-0.15, -0.1) is 0 Å². The lowest BCUT2D eigenvalue weighted by Crippen LogP contribution is -2.47. The lowest BCUT2D eigenvalue weighted by Gasteiger charge is -2.34. The number of fused-ring (bicyclic) bond motifs is 2. The Morgan fingerprint density at radius 3 is 1.45 bits per heavy atom. The van der Waals surface area contributed by atoms with Crippen molar-refractivity contribution in [2.24, 2.45) is 11.8 Å². The summed E-state index contributed by atoms with van der Waals surface area (Å²) >= 11 is 0. The Morgan fingerprint density at radius 2 is 1.06 bits per heavy atom. The third-order valence-corrected chi connectivity index (χ3v) is 16.7. The molecule has 0 radical (unpaired) electrons. The van der Waals surface area contributed by atoms with Crippen LogP contribution in [0.4, 0.5) is 40.6 Å². The summed E-state index contributed by atoms with van der Waals surface area (Å²) in [7, 11) is -5.08. The number of carbonyl (C=O) groups is 2. The highest BCUT2D eigenvalue weighted by molar-refractivity contribution is 7.95. The van der Waals surface area contributed by atoms with Crippen molar-refractivity contribution in [3.63, 3.8) is 0 Å². The highest BCUT2D eigenvalue weighted by Crippen LogP contribution is 2.52. The molecule has 2 atom stereocenters. The van der Waals surface area contributed by atoms with Crippen LogP contribution in [0.15, 0.2) is 72.8 Å². The number of anilines is 4. The van der Waals surface area contributed by atoms with Crippen LogP contribution in [0.1, 0.15) is 52.7 Å². The SMILES string of the molecule is C.C.CC(=O)N1CCN(Cc2cccc(-c3ccc4c(n3)N(C)S(=O)(=O)N4CC3CC3(F)F)c2)CC1.CC(=O)N1CCNCC1.CN1c2nc(-c3cccc(CO)c3)ccc2N(CC2CC2(F)F)S1(=O)=O. The number of aliphatic hydroxyl groups is 1. The third-order valence-electron chi connectivity index (χ3n) is 13.2. The summed E-state index contributed by atoms with van der Waals surface area (Å²) in [5.74, 6) is -6.78. The highest BCUT2D eigenvalue weighted by atomic mass is 32.2. The molecule has 6 aliphatic rings. The van der Waals surface area contributed by atoms with Crippen LogP contribution < -0.4 is 22.5 Å². The molecule has 388 valence electrons. The molecular weight excluding hydrogens is 969 g/mol. The van der Waals surface area contributed by atoms with Crippen LogP contribution in [-0.2, 0) is 43.2 Å². The molecule has 10 rings (SSSR count). The van der Waals surface area contributed by atoms with Crippen LogP contribution in [0.3, 0.4) is 0 Å². The zero-order chi connectivity index (χ0) is 49.6. The van der Waals surface area contributed by atoms with Gasteiger partial charge in [0.05, 0.1) is 29.4 Å². The predicted molar refractivity (Wildman–Crippen MR) is 267 cm³/mol. The Morgan fingerprint density at radius 1 is 0.648 bits per heavy atom. The number of rotatable bonds is 9. The van der Waals surface area contributed by atoms with Crippen molar-refractivity contribution in [2.75, 3.05) is 96.8 Å². The maximum absolute atomic E-state index is 13.4. The molecule has 0 bridgehead atoms. The third kappa shape index (κ3) is 11.7. The Kier molecular flexibility index (Phi) is 16.4. The minimum atomic E-state index is -3.93. The van der Waals surface area contributed by atoms with Gasteiger partial charge in [0, 0.05) is 136 Å². The summed E-state index contributed by atoms with van der Waals surface area (Å²) in [5, 5.41) is 12.4. The number of nitrogens with one attached hydrogen (secondary N) is 1. The van der Waals surface area contributed by atoms with E-state index in [0.29, 0.717) is 41.4 Å². The number of piperazine rings is 2. The van der Waals surface area contributed by atoms with Crippen LogP contribution in [0.5, 0.6) is 0 Å². The monoisotopic (exact) mass is 1030 g/mol. The normalized spacial score (nSPS) is 21.8. The number of aromatic nitrogens is 2. The second-order valence-corrected chi connectivity index (χ2v) is 21.8. The first-order valence-electron chi connectivity index (χ1n) is 22.6. The van der Waals surface area contributed by atoms with Gasteiger partial charge >= 0.3 is 20.4 Å². The molecule has 2 aromatic heterocycles. The van der Waals surface area contributed by atoms with E-state index in [2.05, 4.69) is 20.2 Å². The fourth-order valence-electron chi connectivity index (χ4n) is 8.66. The van der Waals surface area contributed by atoms with E-state index < -0.39 is 44.1 Å². The van der Waals surface area contributed by atoms with Crippen LogP contribution in [0.2, 0.25) is 0 Å². The molecule has 2 unspecified atom stereocenters. The van der Waals surface area contributed by atoms with Crippen LogP contribution >= 0.6 is 0 Å². The molecule has 4 aliphatic heterocycles. The first kappa shape index (κ1) is 54.7. The van der Waals surface area contributed by atoms with E-state index in [1.807, 2.05) is 34.1 Å². The predicted octanol–water partition coefficient (Wildman–Crippen LogP) is 5.68. The van der Waals surface area contributed by atoms with Crippen LogP contribution in [0, 0.1) is 11.8 Å². The van der Waals surface area contributed by atoms with Crippen LogP contribution in [0.25, 0.3) is 22.5 Å². The Balaban J connectivity index is 0.000000197. The molecule has 71 heavy (non-hydrogen) atoms. The van der Waals surface area contributed by atoms with Crippen LogP contribution in [-0.4, -0.2) is 150 Å². The number of benzene rings is 2. The maximum Gasteiger partial charge on any atom is 0.327 e. The molecule has 4 fully saturated rings. The zero-order valence-electron chi connectivity index (χ0n) is 38.7. The quantitative estimate of drug-likeness (QED) is 0.197. The second-order valence-electron chi connectivity index (χ2n) is 18.0. The van der Waals surface area contributed by atoms with Gasteiger partial charge in [-0.1, -0.05) is 51.3 Å². The molecule has 23 heteroatoms. The van der Waals surface area contributed by atoms with Gasteiger partial charge < -0.3 is 20.2 Å². The summed E-state index contributed by atoms with van der Waals surface area (Å²) < 4.78 is 108. The molecule has 6 heterocycles. The van der Waals surface area contributed by atoms with Crippen molar-refractivity contribution in [1.29, 1.82) is 0 Å². The number of nitrogens with zero attached hydrogens (tertiary/aromatic N) is 9. The number of aliphatic hydroxyl groups excluding tert-OH is 1. The lowest BCUT2D eigenvalue weighted by atomic mass is 10.1. The minimum absolute atomic E-state index is 0. The molecule has 0 spiro atoms. The summed E-state index contributed by atoms with van der Waals surface area (Å²) in [4.78, 5) is 37.2. The average Bonchev–Trinajstić information content (AvgIpc) is 4.12. The smallest absolute Gasteiger partial charge is 0.327 e. The largest absolute Gasteiger partial charge is 0.392 e. The number of amides is 2. The Hall–Kier alpha value is -5.62. The van der Waals surface area contributed by atoms with E-state index in [1.165, 1.54) is 14.1 Å². The van der Waals surface area contributed by atoms with E-state index in [1.54, 1.807) is 62.4 Å². The van der Waals surface area contributed by atoms with E-state index in [-0.39, 0.29) is 70.8 Å². The standard InChI is InChI=1S/C23H27F2N5O3S.C17H17F2N3O3S.C6H12N2O.2CH4/c1-16(31)29-10-8-28(9-11-29)14-17-4-3-5-18(12-17)20-6-7-21-22(26-20)27(2)34(32,33)30(21)15-19-13-23(19,24)25;1-21-16-15(22(26(21,24)25)9-13-8-17(13,18)19)6-5-14(20-16)12-4-2-3-11(7-12)10-23;1-6(9)8-4-2-7-3-5-8;;/h3-7,12,19H,8-11,13-15H2,1-2H3;2-7,13,23H,8-10H2,1H3;7H,2-5H2,1H3;2*1H4. The number of pyridine rings is 2. The topological polar surface area (TPSA) is 183 Å². The summed E-state index contributed by atoms with van der Waals surface area (Å²) in [5.41, 5.74) is 5.17. The summed E-state index contributed by atoms with van der Waals surface area (Å²) in [6.07, 6.45) is -0.586. The van der Waals surface area contributed by atoms with Gasteiger partial charge in [0.1, 0.15) is 0 Å². The molecule has 2 saturated heterocycles. The van der Waals surface area contributed by atoms with Crippen molar-refractivity contribution < 1.29 is 49.1 Å². The van der Waals surface area contributed by atoms with Crippen molar-refractivity contribution in [1.82, 2.24) is 30.0 Å². The van der Waals surface area contributed by atoms with Crippen molar-refractivity contribution in [3.05, 3.63) is 83.9 Å². The number of halogens is 4. The summed E-state index contributed by atoms with van der Waals surface area (Å²) in [6, 6.07) is 21.6. The van der Waals surface area contributed by atoms with E-state index in [9.17, 15) is 49.1 Å². The number of alkyl halides is 4. The van der Waals surface area contributed by atoms with E-state index >= 15 is 0 Å². The molecule has 2 amide bonds. The van der Waals surface area contributed by atoms with Gasteiger partial charge in [-0.3, -0.25) is 14.5 Å². The Bertz CT molecular complexity index is 2810. The van der Waals surface area contributed by atoms with Gasteiger partial charge in [0.15, 0.2) is 11.6 Å². The molecule has 4 aromatic rings. The van der Waals surface area contributed by atoms with Gasteiger partial charge in [-0.2, -0.15) is 16.8 Å². The molecular formula is C48H64F4N10O7S2. The van der Waals surface area contributed by atoms with Crippen molar-refractivity contribution >= 4 is 55.2 Å². The van der Waals surface area contributed by atoms with Gasteiger partial charge in [-0.05, 0) is 47.5 Å². The Labute approximate surface area is 414 Å². The molecule has 2 aliphatic carbocycles. The van der Waals surface area contributed by atoms with E-state index in [0.717, 1.165) is 79.7 Å². The number of hydrogen-bond donors (Lipinski definition) is 2. The molecule has 17 nitrogen and oxygen atoms in total. The fourth-order valence-corrected chi connectivity index (χ4v) is 11.5. The van der Waals surface area contributed by atoms with E-state index in [4.69, 9.17) is 0 Å². The lowest BCUT2D eigenvalue weighted by molar-refractivity contribution is -0.131. The van der Waals surface area contributed by atoms with Gasteiger partial charge in [-0.25, -0.2) is 44.8 Å². The first-order valence-corrected chi connectivity index (χ1v) is 25.4. The molecule has 2 saturated carbocycles. The summed E-state index contributed by atoms with van der Waals surface area (Å²) in [6.45, 7) is 9.99.